The first-order chi connectivity index (χ1) is 9.04. The minimum Gasteiger partial charge on any atom is -0.494 e. The minimum atomic E-state index is -4.47. The molecule has 1 atom stereocenters. The molecule has 0 aromatic heterocycles. The van der Waals surface area contributed by atoms with Crippen molar-refractivity contribution in [1.29, 1.82) is 5.26 Å². The lowest BCUT2D eigenvalue weighted by atomic mass is 10.1. The van der Waals surface area contributed by atoms with E-state index in [9.17, 15) is 13.2 Å². The topological polar surface area (TPSA) is 45.0 Å². The van der Waals surface area contributed by atoms with Crippen LogP contribution in [0.4, 0.5) is 13.2 Å². The zero-order valence-electron chi connectivity index (χ0n) is 10.3. The van der Waals surface area contributed by atoms with Crippen LogP contribution >= 0.6 is 0 Å². The van der Waals surface area contributed by atoms with Gasteiger partial charge in [0, 0.05) is 6.54 Å². The van der Waals surface area contributed by atoms with Crippen LogP contribution in [0, 0.1) is 17.2 Å². The molecule has 19 heavy (non-hydrogen) atoms. The van der Waals surface area contributed by atoms with E-state index in [1.165, 1.54) is 6.07 Å². The van der Waals surface area contributed by atoms with E-state index in [1.807, 2.05) is 30.3 Å². The van der Waals surface area contributed by atoms with Crippen molar-refractivity contribution in [3.63, 3.8) is 0 Å². The van der Waals surface area contributed by atoms with Gasteiger partial charge in [-0.15, -0.1) is 0 Å². The number of nitrogens with one attached hydrogen (secondary N) is 1. The van der Waals surface area contributed by atoms with E-state index in [-0.39, 0.29) is 6.54 Å². The van der Waals surface area contributed by atoms with Crippen LogP contribution < -0.4 is 10.1 Å². The molecule has 1 rings (SSSR count). The second kappa shape index (κ2) is 7.64. The molecule has 1 N–H and O–H groups in total. The first-order valence-corrected chi connectivity index (χ1v) is 5.89. The largest absolute Gasteiger partial charge is 0.494 e. The van der Waals surface area contributed by atoms with Gasteiger partial charge in [0.25, 0.3) is 0 Å². The summed E-state index contributed by atoms with van der Waals surface area (Å²) in [6, 6.07) is 10.4. The maximum atomic E-state index is 12.2. The molecular weight excluding hydrogens is 257 g/mol. The molecule has 0 aliphatic rings. The van der Waals surface area contributed by atoms with Gasteiger partial charge in [0.2, 0.25) is 0 Å². The highest BCUT2D eigenvalue weighted by Crippen LogP contribution is 2.24. The van der Waals surface area contributed by atoms with Crippen LogP contribution in [0.5, 0.6) is 5.75 Å². The molecule has 0 aliphatic heterocycles. The maximum Gasteiger partial charge on any atom is 0.405 e. The van der Waals surface area contributed by atoms with Gasteiger partial charge in [-0.05, 0) is 25.1 Å². The fraction of sp³-hybridized carbons (Fsp3) is 0.462. The molecule has 1 aromatic carbocycles. The van der Waals surface area contributed by atoms with Crippen LogP contribution in [0.1, 0.15) is 6.42 Å². The first-order valence-electron chi connectivity index (χ1n) is 5.89. The van der Waals surface area contributed by atoms with Crippen molar-refractivity contribution in [3.05, 3.63) is 30.3 Å². The zero-order valence-corrected chi connectivity index (χ0v) is 10.3. The fourth-order valence-corrected chi connectivity index (χ4v) is 1.38. The van der Waals surface area contributed by atoms with Crippen LogP contribution in [0.3, 0.4) is 0 Å². The molecule has 1 unspecified atom stereocenters. The lowest BCUT2D eigenvalue weighted by Crippen LogP contribution is -2.33. The van der Waals surface area contributed by atoms with E-state index in [2.05, 4.69) is 5.32 Å². The highest BCUT2D eigenvalue weighted by Gasteiger charge is 2.39. The quantitative estimate of drug-likeness (QED) is 0.776. The summed E-state index contributed by atoms with van der Waals surface area (Å²) in [5, 5.41) is 11.0. The summed E-state index contributed by atoms with van der Waals surface area (Å²) >= 11 is 0. The molecule has 0 bridgehead atoms. The summed E-state index contributed by atoms with van der Waals surface area (Å²) in [4.78, 5) is 0. The number of hydrogen-bond acceptors (Lipinski definition) is 3. The number of rotatable bonds is 7. The minimum absolute atomic E-state index is 0.376. The summed E-state index contributed by atoms with van der Waals surface area (Å²) in [6.07, 6.45) is -3.90. The van der Waals surface area contributed by atoms with Crippen molar-refractivity contribution in [3.8, 4) is 11.8 Å². The fourth-order valence-electron chi connectivity index (χ4n) is 1.38. The van der Waals surface area contributed by atoms with Crippen LogP contribution in [0.25, 0.3) is 0 Å². The molecule has 0 fully saturated rings. The number of benzene rings is 1. The number of para-hydroxylation sites is 1. The summed E-state index contributed by atoms with van der Waals surface area (Å²) in [5.41, 5.74) is 0. The number of hydrogen-bond donors (Lipinski definition) is 1. The van der Waals surface area contributed by atoms with Crippen molar-refractivity contribution in [1.82, 2.24) is 5.32 Å². The highest BCUT2D eigenvalue weighted by atomic mass is 19.4. The molecular formula is C13H15F3N2O. The van der Waals surface area contributed by atoms with E-state index in [4.69, 9.17) is 10.00 Å². The maximum absolute atomic E-state index is 12.2. The predicted octanol–water partition coefficient (Wildman–Crippen LogP) is 2.75. The Morgan fingerprint density at radius 2 is 1.95 bits per heavy atom. The number of ether oxygens (including phenoxy) is 1. The molecule has 0 saturated carbocycles. The van der Waals surface area contributed by atoms with Gasteiger partial charge in [0.05, 0.1) is 12.7 Å². The Balaban J connectivity index is 2.10. The Hall–Kier alpha value is -1.74. The zero-order chi connectivity index (χ0) is 14.1. The SMILES string of the molecule is N#CC(CNCCCOc1ccccc1)C(F)(F)F. The van der Waals surface area contributed by atoms with Gasteiger partial charge in [-0.1, -0.05) is 18.2 Å². The second-order valence-electron chi connectivity index (χ2n) is 3.94. The van der Waals surface area contributed by atoms with Gasteiger partial charge in [-0.2, -0.15) is 18.4 Å². The average molecular weight is 272 g/mol. The standard InChI is InChI=1S/C13H15F3N2O/c14-13(15,16)11(9-17)10-18-7-4-8-19-12-5-2-1-3-6-12/h1-3,5-6,11,18H,4,7-8,10H2. The Labute approximate surface area is 110 Å². The number of halogens is 3. The molecule has 1 aromatic rings. The summed E-state index contributed by atoms with van der Waals surface area (Å²) in [7, 11) is 0. The number of nitrogens with zero attached hydrogens (tertiary/aromatic N) is 1. The van der Waals surface area contributed by atoms with Crippen LogP contribution in [0.15, 0.2) is 30.3 Å². The van der Waals surface area contributed by atoms with E-state index in [0.717, 1.165) is 5.75 Å². The molecule has 0 amide bonds. The van der Waals surface area contributed by atoms with Crippen molar-refractivity contribution in [2.45, 2.75) is 12.6 Å². The Morgan fingerprint density at radius 1 is 1.26 bits per heavy atom. The van der Waals surface area contributed by atoms with Crippen LogP contribution in [0.2, 0.25) is 0 Å². The summed E-state index contributed by atoms with van der Waals surface area (Å²) in [5.74, 6) is -1.23. The van der Waals surface area contributed by atoms with E-state index in [1.54, 1.807) is 0 Å². The van der Waals surface area contributed by atoms with Gasteiger partial charge in [0.1, 0.15) is 5.75 Å². The third-order valence-corrected chi connectivity index (χ3v) is 2.41. The Kier molecular flexibility index (Phi) is 6.16. The van der Waals surface area contributed by atoms with Gasteiger partial charge in [-0.3, -0.25) is 0 Å². The smallest absolute Gasteiger partial charge is 0.405 e. The molecule has 0 heterocycles. The molecule has 0 saturated heterocycles. The van der Waals surface area contributed by atoms with Crippen LogP contribution in [-0.2, 0) is 0 Å². The van der Waals surface area contributed by atoms with Crippen molar-refractivity contribution in [2.24, 2.45) is 5.92 Å². The average Bonchev–Trinajstić information content (AvgIpc) is 2.37. The number of nitriles is 1. The second-order valence-corrected chi connectivity index (χ2v) is 3.94. The van der Waals surface area contributed by atoms with Gasteiger partial charge >= 0.3 is 6.18 Å². The summed E-state index contributed by atoms with van der Waals surface area (Å²) < 4.78 is 42.1. The van der Waals surface area contributed by atoms with Crippen molar-refractivity contribution in [2.75, 3.05) is 19.7 Å². The van der Waals surface area contributed by atoms with Crippen molar-refractivity contribution < 1.29 is 17.9 Å². The lowest BCUT2D eigenvalue weighted by Gasteiger charge is -2.13. The normalized spacial score (nSPS) is 12.7. The highest BCUT2D eigenvalue weighted by molar-refractivity contribution is 5.20. The molecule has 6 heteroatoms. The van der Waals surface area contributed by atoms with E-state index in [0.29, 0.717) is 19.6 Å². The number of alkyl halides is 3. The van der Waals surface area contributed by atoms with Gasteiger partial charge in [0.15, 0.2) is 5.92 Å². The van der Waals surface area contributed by atoms with E-state index < -0.39 is 12.1 Å². The molecule has 0 radical (unpaired) electrons. The molecule has 104 valence electrons. The van der Waals surface area contributed by atoms with Gasteiger partial charge in [-0.25, -0.2) is 0 Å². The van der Waals surface area contributed by atoms with Crippen molar-refractivity contribution >= 4 is 0 Å². The third kappa shape index (κ3) is 6.11. The third-order valence-electron chi connectivity index (χ3n) is 2.41. The Bertz CT molecular complexity index is 401. The molecule has 0 aliphatic carbocycles. The Morgan fingerprint density at radius 3 is 2.53 bits per heavy atom. The lowest BCUT2D eigenvalue weighted by molar-refractivity contribution is -0.157. The molecule has 0 spiro atoms. The van der Waals surface area contributed by atoms with Gasteiger partial charge < -0.3 is 10.1 Å². The molecule has 3 nitrogen and oxygen atoms in total. The summed E-state index contributed by atoms with van der Waals surface area (Å²) in [6.45, 7) is 0.409. The monoisotopic (exact) mass is 272 g/mol. The first kappa shape index (κ1) is 15.3. The predicted molar refractivity (Wildman–Crippen MR) is 64.6 cm³/mol. The van der Waals surface area contributed by atoms with Crippen LogP contribution in [-0.4, -0.2) is 25.9 Å². The van der Waals surface area contributed by atoms with E-state index >= 15 is 0 Å².